The molecule has 0 aromatic rings. The summed E-state index contributed by atoms with van der Waals surface area (Å²) in [5.41, 5.74) is -0.524. The Hall–Kier alpha value is -1.30. The van der Waals surface area contributed by atoms with E-state index in [1.54, 1.807) is 0 Å². The number of hydrogen-bond donors (Lipinski definition) is 1. The van der Waals surface area contributed by atoms with Crippen molar-refractivity contribution in [3.63, 3.8) is 0 Å². The second kappa shape index (κ2) is 7.07. The molecule has 1 saturated carbocycles. The lowest BCUT2D eigenvalue weighted by Crippen LogP contribution is -2.57. The zero-order chi connectivity index (χ0) is 17.2. The van der Waals surface area contributed by atoms with Crippen LogP contribution in [0.1, 0.15) is 47.0 Å². The number of nitrogens with zero attached hydrogens (tertiary/aromatic N) is 1. The molecule has 1 N–H and O–H groups in total. The van der Waals surface area contributed by atoms with Gasteiger partial charge in [0.15, 0.2) is 0 Å². The van der Waals surface area contributed by atoms with Crippen molar-refractivity contribution in [2.45, 2.75) is 64.6 Å². The molecule has 6 heteroatoms. The third-order valence-electron chi connectivity index (χ3n) is 4.60. The van der Waals surface area contributed by atoms with E-state index in [4.69, 9.17) is 9.47 Å². The average molecular weight is 326 g/mol. The second-order valence-electron chi connectivity index (χ2n) is 7.98. The summed E-state index contributed by atoms with van der Waals surface area (Å²) in [6.07, 6.45) is 2.50. The Bertz CT molecular complexity index is 440. The number of alkyl carbamates (subject to hydrolysis) is 1. The smallest absolute Gasteiger partial charge is 0.407 e. The largest absolute Gasteiger partial charge is 0.469 e. The van der Waals surface area contributed by atoms with Gasteiger partial charge in [-0.15, -0.1) is 0 Å². The lowest BCUT2D eigenvalue weighted by Gasteiger charge is -2.47. The van der Waals surface area contributed by atoms with E-state index >= 15 is 0 Å². The van der Waals surface area contributed by atoms with E-state index in [1.807, 2.05) is 20.8 Å². The molecule has 2 fully saturated rings. The highest BCUT2D eigenvalue weighted by atomic mass is 16.6. The van der Waals surface area contributed by atoms with Gasteiger partial charge in [-0.1, -0.05) is 6.92 Å². The number of likely N-dealkylation sites (tertiary alicyclic amines) is 1. The van der Waals surface area contributed by atoms with Crippen LogP contribution in [0, 0.1) is 11.8 Å². The summed E-state index contributed by atoms with van der Waals surface area (Å²) in [5, 5.41) is 2.92. The van der Waals surface area contributed by atoms with Gasteiger partial charge in [0.05, 0.1) is 13.0 Å². The number of ether oxygens (including phenoxy) is 2. The van der Waals surface area contributed by atoms with Crippen molar-refractivity contribution < 1.29 is 19.1 Å². The van der Waals surface area contributed by atoms with Gasteiger partial charge >= 0.3 is 12.1 Å². The first-order valence-corrected chi connectivity index (χ1v) is 8.49. The maximum absolute atomic E-state index is 12.0. The van der Waals surface area contributed by atoms with Crippen LogP contribution in [0.15, 0.2) is 0 Å². The van der Waals surface area contributed by atoms with Crippen molar-refractivity contribution in [2.75, 3.05) is 20.2 Å². The fourth-order valence-electron chi connectivity index (χ4n) is 3.51. The molecule has 2 atom stereocenters. The summed E-state index contributed by atoms with van der Waals surface area (Å²) in [7, 11) is 1.42. The van der Waals surface area contributed by atoms with Gasteiger partial charge in [0.2, 0.25) is 0 Å². The number of piperidine rings is 1. The molecule has 0 aromatic heterocycles. The molecular weight excluding hydrogens is 296 g/mol. The van der Waals surface area contributed by atoms with Crippen molar-refractivity contribution >= 4 is 12.1 Å². The number of amides is 1. The molecule has 132 valence electrons. The van der Waals surface area contributed by atoms with Crippen LogP contribution in [0.5, 0.6) is 0 Å². The predicted octanol–water partition coefficient (Wildman–Crippen LogP) is 2.17. The van der Waals surface area contributed by atoms with Crippen LogP contribution in [0.4, 0.5) is 4.79 Å². The number of carbonyl (C=O) groups excluding carboxylic acids is 2. The summed E-state index contributed by atoms with van der Waals surface area (Å²) in [6.45, 7) is 9.25. The van der Waals surface area contributed by atoms with Crippen LogP contribution < -0.4 is 5.32 Å². The fraction of sp³-hybridized carbons (Fsp3) is 0.882. The third-order valence-corrected chi connectivity index (χ3v) is 4.60. The van der Waals surface area contributed by atoms with Crippen LogP contribution in [-0.2, 0) is 14.3 Å². The molecule has 0 aromatic carbocycles. The Balaban J connectivity index is 1.97. The van der Waals surface area contributed by atoms with Crippen molar-refractivity contribution in [2.24, 2.45) is 11.8 Å². The van der Waals surface area contributed by atoms with Gasteiger partial charge in [0.1, 0.15) is 5.60 Å². The van der Waals surface area contributed by atoms with E-state index in [0.29, 0.717) is 12.5 Å². The molecule has 1 aliphatic heterocycles. The number of nitrogens with one attached hydrogen (secondary N) is 1. The molecule has 1 saturated heterocycles. The quantitative estimate of drug-likeness (QED) is 0.805. The molecule has 6 nitrogen and oxygen atoms in total. The first-order chi connectivity index (χ1) is 10.7. The van der Waals surface area contributed by atoms with E-state index in [9.17, 15) is 9.59 Å². The summed E-state index contributed by atoms with van der Waals surface area (Å²) in [5.74, 6) is 0.360. The number of carbonyl (C=O) groups is 2. The Kier molecular flexibility index (Phi) is 5.55. The van der Waals surface area contributed by atoms with Crippen molar-refractivity contribution in [1.82, 2.24) is 10.2 Å². The second-order valence-corrected chi connectivity index (χ2v) is 7.98. The van der Waals surface area contributed by atoms with Crippen LogP contribution in [-0.4, -0.2) is 54.8 Å². The summed E-state index contributed by atoms with van der Waals surface area (Å²) >= 11 is 0. The molecule has 0 spiro atoms. The standard InChI is InChI=1S/C17H30N2O4/c1-11-6-14(7-11)19-9-12(15(20)22-5)8-13(10-19)18-16(21)23-17(2,3)4/h11-14H,6-10H2,1-5H3,(H,18,21). The van der Waals surface area contributed by atoms with Crippen LogP contribution in [0.3, 0.4) is 0 Å². The zero-order valence-electron chi connectivity index (χ0n) is 14.9. The first kappa shape index (κ1) is 18.0. The molecule has 2 aliphatic rings. The normalized spacial score (nSPS) is 31.9. The lowest BCUT2D eigenvalue weighted by molar-refractivity contribution is -0.148. The molecule has 1 amide bonds. The minimum atomic E-state index is -0.524. The molecular formula is C17H30N2O4. The molecule has 23 heavy (non-hydrogen) atoms. The number of esters is 1. The van der Waals surface area contributed by atoms with Crippen molar-refractivity contribution in [1.29, 1.82) is 0 Å². The molecule has 2 rings (SSSR count). The van der Waals surface area contributed by atoms with Gasteiger partial charge in [0, 0.05) is 25.2 Å². The van der Waals surface area contributed by atoms with E-state index in [1.165, 1.54) is 7.11 Å². The highest BCUT2D eigenvalue weighted by Gasteiger charge is 2.39. The summed E-state index contributed by atoms with van der Waals surface area (Å²) < 4.78 is 10.2. The molecule has 0 radical (unpaired) electrons. The first-order valence-electron chi connectivity index (χ1n) is 8.49. The number of rotatable bonds is 3. The monoisotopic (exact) mass is 326 g/mol. The van der Waals surface area contributed by atoms with Gasteiger partial charge in [0.25, 0.3) is 0 Å². The molecule has 1 aliphatic carbocycles. The lowest BCUT2D eigenvalue weighted by atomic mass is 9.79. The van der Waals surface area contributed by atoms with Gasteiger partial charge < -0.3 is 14.8 Å². The van der Waals surface area contributed by atoms with E-state index in [2.05, 4.69) is 17.1 Å². The number of hydrogen-bond acceptors (Lipinski definition) is 5. The van der Waals surface area contributed by atoms with Gasteiger partial charge in [-0.25, -0.2) is 4.79 Å². The molecule has 0 bridgehead atoms. The highest BCUT2D eigenvalue weighted by molar-refractivity contribution is 5.73. The van der Waals surface area contributed by atoms with E-state index in [-0.39, 0.29) is 17.9 Å². The van der Waals surface area contributed by atoms with Gasteiger partial charge in [-0.05, 0) is 46.0 Å². The topological polar surface area (TPSA) is 67.9 Å². The van der Waals surface area contributed by atoms with Crippen molar-refractivity contribution in [3.8, 4) is 0 Å². The Morgan fingerprint density at radius 2 is 1.78 bits per heavy atom. The minimum absolute atomic E-state index is 0.0846. The zero-order valence-corrected chi connectivity index (χ0v) is 14.9. The molecule has 2 unspecified atom stereocenters. The maximum Gasteiger partial charge on any atom is 0.407 e. The maximum atomic E-state index is 12.0. The SMILES string of the molecule is COC(=O)C1CC(NC(=O)OC(C)(C)C)CN(C2CC(C)C2)C1. The summed E-state index contributed by atoms with van der Waals surface area (Å²) in [4.78, 5) is 26.3. The van der Waals surface area contributed by atoms with E-state index < -0.39 is 11.7 Å². The van der Waals surface area contributed by atoms with Gasteiger partial charge in [-0.2, -0.15) is 0 Å². The Morgan fingerprint density at radius 3 is 2.30 bits per heavy atom. The molecule has 1 heterocycles. The average Bonchev–Trinajstić information content (AvgIpc) is 2.40. The van der Waals surface area contributed by atoms with Crippen LogP contribution in [0.2, 0.25) is 0 Å². The van der Waals surface area contributed by atoms with E-state index in [0.717, 1.165) is 31.8 Å². The fourth-order valence-corrected chi connectivity index (χ4v) is 3.51. The minimum Gasteiger partial charge on any atom is -0.469 e. The highest BCUT2D eigenvalue weighted by Crippen LogP contribution is 2.34. The number of methoxy groups -OCH3 is 1. The van der Waals surface area contributed by atoms with Crippen LogP contribution >= 0.6 is 0 Å². The summed E-state index contributed by atoms with van der Waals surface area (Å²) in [6, 6.07) is 0.430. The van der Waals surface area contributed by atoms with Crippen molar-refractivity contribution in [3.05, 3.63) is 0 Å². The van der Waals surface area contributed by atoms with Gasteiger partial charge in [-0.3, -0.25) is 9.69 Å². The predicted molar refractivity (Wildman–Crippen MR) is 87.0 cm³/mol. The third kappa shape index (κ3) is 5.09. The Labute approximate surface area is 138 Å². The Morgan fingerprint density at radius 1 is 1.13 bits per heavy atom. The van der Waals surface area contributed by atoms with Crippen LogP contribution in [0.25, 0.3) is 0 Å².